The lowest BCUT2D eigenvalue weighted by Gasteiger charge is -2.33. The van der Waals surface area contributed by atoms with Crippen molar-refractivity contribution >= 4 is 46.1 Å². The van der Waals surface area contributed by atoms with E-state index in [4.69, 9.17) is 12.2 Å². The zero-order chi connectivity index (χ0) is 22.8. The van der Waals surface area contributed by atoms with E-state index in [1.165, 1.54) is 24.6 Å². The number of rotatable bonds is 4. The van der Waals surface area contributed by atoms with E-state index in [1.54, 1.807) is 4.57 Å². The first kappa shape index (κ1) is 23.1. The van der Waals surface area contributed by atoms with Crippen LogP contribution < -0.4 is 10.5 Å². The fourth-order valence-electron chi connectivity index (χ4n) is 5.15. The van der Waals surface area contributed by atoms with Gasteiger partial charge in [0, 0.05) is 31.2 Å². The van der Waals surface area contributed by atoms with Crippen molar-refractivity contribution in [3.8, 4) is 6.07 Å². The van der Waals surface area contributed by atoms with Crippen LogP contribution in [-0.2, 0) is 11.3 Å². The monoisotopic (exact) mass is 470 g/mol. The van der Waals surface area contributed by atoms with E-state index >= 15 is 0 Å². The number of carbonyl (C=O) groups excluding carboxylic acids is 1. The molecule has 0 N–H and O–H groups in total. The molecule has 2 aliphatic heterocycles. The van der Waals surface area contributed by atoms with E-state index in [2.05, 4.69) is 11.0 Å². The highest BCUT2D eigenvalue weighted by Crippen LogP contribution is 2.39. The molecule has 0 atom stereocenters. The van der Waals surface area contributed by atoms with Crippen molar-refractivity contribution in [2.24, 2.45) is 0 Å². The second kappa shape index (κ2) is 9.80. The van der Waals surface area contributed by atoms with Gasteiger partial charge in [-0.05, 0) is 57.6 Å². The molecule has 1 aliphatic carbocycles. The summed E-state index contributed by atoms with van der Waals surface area (Å²) in [6.45, 7) is 5.96. The van der Waals surface area contributed by atoms with Crippen molar-refractivity contribution in [2.45, 2.75) is 77.8 Å². The molecule has 8 heteroatoms. The summed E-state index contributed by atoms with van der Waals surface area (Å²) in [6.07, 6.45) is 10.7. The van der Waals surface area contributed by atoms with Crippen LogP contribution >= 0.6 is 24.0 Å². The summed E-state index contributed by atoms with van der Waals surface area (Å²) in [5.41, 5.74) is 1.35. The predicted molar refractivity (Wildman–Crippen MR) is 134 cm³/mol. The van der Waals surface area contributed by atoms with Crippen molar-refractivity contribution < 1.29 is 4.79 Å². The molecule has 3 aliphatic rings. The van der Waals surface area contributed by atoms with Gasteiger partial charge >= 0.3 is 0 Å². The van der Waals surface area contributed by atoms with Crippen LogP contribution in [0.25, 0.3) is 6.08 Å². The summed E-state index contributed by atoms with van der Waals surface area (Å²) >= 11 is 6.96. The minimum absolute atomic E-state index is 0.0383. The van der Waals surface area contributed by atoms with Crippen molar-refractivity contribution in [1.29, 1.82) is 5.26 Å². The van der Waals surface area contributed by atoms with Gasteiger partial charge in [0.1, 0.15) is 21.8 Å². The molecule has 1 amide bonds. The Kier molecular flexibility index (Phi) is 7.06. The van der Waals surface area contributed by atoms with Crippen LogP contribution in [0, 0.1) is 18.3 Å². The number of thioether (sulfide) groups is 1. The van der Waals surface area contributed by atoms with Crippen LogP contribution in [0.2, 0.25) is 0 Å². The summed E-state index contributed by atoms with van der Waals surface area (Å²) in [6, 6.07) is 2.29. The van der Waals surface area contributed by atoms with Crippen molar-refractivity contribution in [3.05, 3.63) is 31.9 Å². The molecule has 4 rings (SSSR count). The Balaban J connectivity index is 1.83. The van der Waals surface area contributed by atoms with Gasteiger partial charge in [0.05, 0.1) is 4.91 Å². The van der Waals surface area contributed by atoms with E-state index in [9.17, 15) is 14.9 Å². The van der Waals surface area contributed by atoms with E-state index in [1.807, 2.05) is 24.8 Å². The van der Waals surface area contributed by atoms with Crippen LogP contribution in [0.4, 0.5) is 5.82 Å². The third-order valence-electron chi connectivity index (χ3n) is 6.86. The molecule has 170 valence electrons. The van der Waals surface area contributed by atoms with Crippen LogP contribution in [0.1, 0.15) is 75.0 Å². The van der Waals surface area contributed by atoms with Gasteiger partial charge in [0.2, 0.25) is 0 Å². The molecule has 1 aromatic rings. The minimum Gasteiger partial charge on any atom is -0.357 e. The number of hydrogen-bond acceptors (Lipinski definition) is 6. The number of nitrogens with zero attached hydrogens (tertiary/aromatic N) is 4. The standard InChI is InChI=1S/C24H30N4O2S2/c1-3-27-21(26-12-8-5-9-13-26)18(16(2)19(15-25)22(27)29)14-20-23(30)28(24(31)32-20)17-10-6-4-7-11-17/h14,17H,3-13H2,1-2H3. The van der Waals surface area contributed by atoms with Crippen molar-refractivity contribution in [3.63, 3.8) is 0 Å². The number of amides is 1. The maximum absolute atomic E-state index is 13.4. The van der Waals surface area contributed by atoms with Gasteiger partial charge in [-0.2, -0.15) is 5.26 Å². The molecule has 0 bridgehead atoms. The average Bonchev–Trinajstić information content (AvgIpc) is 3.09. The fourth-order valence-corrected chi connectivity index (χ4v) is 6.53. The molecule has 6 nitrogen and oxygen atoms in total. The first-order valence-corrected chi connectivity index (χ1v) is 12.9. The number of thiocarbonyl (C=S) groups is 1. The number of hydrogen-bond donors (Lipinski definition) is 0. The molecule has 1 saturated carbocycles. The summed E-state index contributed by atoms with van der Waals surface area (Å²) in [7, 11) is 0. The van der Waals surface area contributed by atoms with Gasteiger partial charge in [-0.1, -0.05) is 43.2 Å². The van der Waals surface area contributed by atoms with Gasteiger partial charge in [-0.25, -0.2) is 0 Å². The summed E-state index contributed by atoms with van der Waals surface area (Å²) in [5, 5.41) is 9.71. The highest BCUT2D eigenvalue weighted by Gasteiger charge is 2.38. The molecule has 2 saturated heterocycles. The maximum Gasteiger partial charge on any atom is 0.270 e. The number of nitriles is 1. The van der Waals surface area contributed by atoms with Crippen molar-refractivity contribution in [1.82, 2.24) is 9.47 Å². The highest BCUT2D eigenvalue weighted by atomic mass is 32.2. The lowest BCUT2D eigenvalue weighted by atomic mass is 9.94. The molecular formula is C24H30N4O2S2. The topological polar surface area (TPSA) is 69.3 Å². The SMILES string of the molecule is CCn1c(N2CCCCC2)c(C=C2SC(=S)N(C3CCCCC3)C2=O)c(C)c(C#N)c1=O. The second-order valence-corrected chi connectivity index (χ2v) is 10.5. The molecule has 0 radical (unpaired) electrons. The normalized spacial score (nSPS) is 21.5. The lowest BCUT2D eigenvalue weighted by Crippen LogP contribution is -2.39. The first-order valence-electron chi connectivity index (χ1n) is 11.7. The first-order chi connectivity index (χ1) is 15.5. The molecular weight excluding hydrogens is 440 g/mol. The molecule has 0 unspecified atom stereocenters. The van der Waals surface area contributed by atoms with Gasteiger partial charge in [-0.15, -0.1) is 0 Å². The minimum atomic E-state index is -0.250. The zero-order valence-corrected chi connectivity index (χ0v) is 20.5. The Hall–Kier alpha value is -2.11. The third kappa shape index (κ3) is 4.13. The third-order valence-corrected chi connectivity index (χ3v) is 8.19. The summed E-state index contributed by atoms with van der Waals surface area (Å²) in [5.74, 6) is 0.792. The van der Waals surface area contributed by atoms with E-state index < -0.39 is 0 Å². The van der Waals surface area contributed by atoms with Crippen LogP contribution in [-0.4, -0.2) is 38.8 Å². The Morgan fingerprint density at radius 2 is 1.78 bits per heavy atom. The molecule has 3 heterocycles. The van der Waals surface area contributed by atoms with E-state index in [0.717, 1.165) is 63.0 Å². The average molecular weight is 471 g/mol. The summed E-state index contributed by atoms with van der Waals surface area (Å²) < 4.78 is 2.32. The molecule has 32 heavy (non-hydrogen) atoms. The second-order valence-electron chi connectivity index (χ2n) is 8.79. The van der Waals surface area contributed by atoms with Crippen molar-refractivity contribution in [2.75, 3.05) is 18.0 Å². The molecule has 3 fully saturated rings. The Morgan fingerprint density at radius 3 is 2.41 bits per heavy atom. The van der Waals surface area contributed by atoms with Gasteiger partial charge < -0.3 is 4.90 Å². The van der Waals surface area contributed by atoms with Crippen LogP contribution in [0.5, 0.6) is 0 Å². The quantitative estimate of drug-likeness (QED) is 0.474. The molecule has 0 aromatic carbocycles. The van der Waals surface area contributed by atoms with Crippen LogP contribution in [0.15, 0.2) is 9.70 Å². The summed E-state index contributed by atoms with van der Waals surface area (Å²) in [4.78, 5) is 31.1. The lowest BCUT2D eigenvalue weighted by molar-refractivity contribution is -0.124. The smallest absolute Gasteiger partial charge is 0.270 e. The van der Waals surface area contributed by atoms with E-state index in [0.29, 0.717) is 21.3 Å². The molecule has 0 spiro atoms. The largest absolute Gasteiger partial charge is 0.357 e. The predicted octanol–water partition coefficient (Wildman–Crippen LogP) is 4.57. The Morgan fingerprint density at radius 1 is 1.12 bits per heavy atom. The van der Waals surface area contributed by atoms with Crippen LogP contribution in [0.3, 0.4) is 0 Å². The number of carbonyl (C=O) groups is 1. The maximum atomic E-state index is 13.4. The Labute approximate surface area is 199 Å². The number of piperidine rings is 1. The van der Waals surface area contributed by atoms with Gasteiger partial charge in [-0.3, -0.25) is 19.1 Å². The fraction of sp³-hybridized carbons (Fsp3) is 0.583. The zero-order valence-electron chi connectivity index (χ0n) is 18.9. The number of aromatic nitrogens is 1. The van der Waals surface area contributed by atoms with E-state index in [-0.39, 0.29) is 23.1 Å². The number of anilines is 1. The Bertz CT molecular complexity index is 1060. The highest BCUT2D eigenvalue weighted by molar-refractivity contribution is 8.26. The number of pyridine rings is 1. The van der Waals surface area contributed by atoms with Gasteiger partial charge in [0.15, 0.2) is 0 Å². The van der Waals surface area contributed by atoms with Gasteiger partial charge in [0.25, 0.3) is 11.5 Å². The molecule has 1 aromatic heterocycles.